The Morgan fingerprint density at radius 3 is 3.00 bits per heavy atom. The lowest BCUT2D eigenvalue weighted by atomic mass is 10.3. The minimum atomic E-state index is -0.853. The molecular formula is C11H10N4O2S. The summed E-state index contributed by atoms with van der Waals surface area (Å²) in [6.45, 7) is 1.63. The van der Waals surface area contributed by atoms with E-state index in [2.05, 4.69) is 19.9 Å². The fraction of sp³-hybridized carbons (Fsp3) is 0.182. The summed E-state index contributed by atoms with van der Waals surface area (Å²) in [5.41, 5.74) is 3.42. The van der Waals surface area contributed by atoms with Crippen LogP contribution in [0.5, 0.6) is 0 Å². The van der Waals surface area contributed by atoms with Gasteiger partial charge < -0.3 is 15.1 Å². The molecule has 0 aliphatic heterocycles. The van der Waals surface area contributed by atoms with Gasteiger partial charge in [0.1, 0.15) is 5.25 Å². The lowest BCUT2D eigenvalue weighted by Gasteiger charge is -2.00. The maximum absolute atomic E-state index is 10.8. The molecule has 6 nitrogen and oxygen atoms in total. The van der Waals surface area contributed by atoms with Gasteiger partial charge in [0, 0.05) is 0 Å². The molecule has 0 spiro atoms. The van der Waals surface area contributed by atoms with Crippen LogP contribution in [0.15, 0.2) is 23.6 Å². The SMILES string of the molecule is CC(Sc1nc2cc3nc[nH]c3cc2[nH]1)C(=O)O. The van der Waals surface area contributed by atoms with E-state index >= 15 is 0 Å². The number of fused-ring (bicyclic) bond motifs is 2. The van der Waals surface area contributed by atoms with Crippen molar-refractivity contribution in [2.75, 3.05) is 0 Å². The second-order valence-corrected chi connectivity index (χ2v) is 5.26. The van der Waals surface area contributed by atoms with Gasteiger partial charge in [-0.2, -0.15) is 0 Å². The van der Waals surface area contributed by atoms with Crippen molar-refractivity contribution in [3.8, 4) is 0 Å². The number of carboxylic acids is 1. The smallest absolute Gasteiger partial charge is 0.316 e. The van der Waals surface area contributed by atoms with E-state index in [0.29, 0.717) is 5.16 Å². The predicted molar refractivity (Wildman–Crippen MR) is 68.7 cm³/mol. The number of carboxylic acid groups (broad SMARTS) is 1. The number of hydrogen-bond donors (Lipinski definition) is 3. The van der Waals surface area contributed by atoms with Gasteiger partial charge in [-0.25, -0.2) is 9.97 Å². The Labute approximate surface area is 106 Å². The van der Waals surface area contributed by atoms with E-state index in [-0.39, 0.29) is 0 Å². The molecule has 2 aromatic heterocycles. The Hall–Kier alpha value is -2.02. The molecule has 0 amide bonds. The van der Waals surface area contributed by atoms with Gasteiger partial charge in [0.2, 0.25) is 0 Å². The standard InChI is InChI=1S/C11H10N4O2S/c1-5(10(16)17)18-11-14-8-2-6-7(13-4-12-6)3-9(8)15-11/h2-5H,1H3,(H,12,13)(H,14,15)(H,16,17). The Balaban J connectivity index is 2.02. The zero-order valence-electron chi connectivity index (χ0n) is 9.47. The maximum Gasteiger partial charge on any atom is 0.316 e. The van der Waals surface area contributed by atoms with Crippen LogP contribution in [0.2, 0.25) is 0 Å². The highest BCUT2D eigenvalue weighted by atomic mass is 32.2. The summed E-state index contributed by atoms with van der Waals surface area (Å²) in [6.07, 6.45) is 1.63. The van der Waals surface area contributed by atoms with Crippen LogP contribution in [0.4, 0.5) is 0 Å². The van der Waals surface area contributed by atoms with E-state index in [1.165, 1.54) is 11.8 Å². The predicted octanol–water partition coefficient (Wildman–Crippen LogP) is 2.00. The molecule has 1 unspecified atom stereocenters. The number of rotatable bonds is 3. The van der Waals surface area contributed by atoms with Crippen molar-refractivity contribution >= 4 is 39.8 Å². The molecule has 0 fully saturated rings. The molecule has 18 heavy (non-hydrogen) atoms. The maximum atomic E-state index is 10.8. The molecule has 3 rings (SSSR count). The van der Waals surface area contributed by atoms with Gasteiger partial charge >= 0.3 is 5.97 Å². The number of nitrogens with one attached hydrogen (secondary N) is 2. The van der Waals surface area contributed by atoms with Crippen molar-refractivity contribution in [2.24, 2.45) is 0 Å². The van der Waals surface area contributed by atoms with Crippen LogP contribution in [-0.2, 0) is 4.79 Å². The highest BCUT2D eigenvalue weighted by Gasteiger charge is 2.15. The summed E-state index contributed by atoms with van der Waals surface area (Å²) in [5, 5.41) is 8.93. The number of carbonyl (C=O) groups is 1. The number of aromatic amines is 2. The van der Waals surface area contributed by atoms with Crippen LogP contribution < -0.4 is 0 Å². The van der Waals surface area contributed by atoms with Gasteiger partial charge in [-0.3, -0.25) is 4.79 Å². The molecule has 0 aliphatic rings. The summed E-state index contributed by atoms with van der Waals surface area (Å²) >= 11 is 1.19. The molecule has 0 saturated carbocycles. The number of thioether (sulfide) groups is 1. The van der Waals surface area contributed by atoms with Crippen molar-refractivity contribution in [1.29, 1.82) is 0 Å². The Kier molecular flexibility index (Phi) is 2.48. The molecule has 0 saturated heterocycles. The molecule has 7 heteroatoms. The average molecular weight is 262 g/mol. The second-order valence-electron chi connectivity index (χ2n) is 3.93. The lowest BCUT2D eigenvalue weighted by Crippen LogP contribution is -2.11. The molecule has 3 N–H and O–H groups in total. The van der Waals surface area contributed by atoms with Gasteiger partial charge in [-0.15, -0.1) is 0 Å². The van der Waals surface area contributed by atoms with Crippen LogP contribution >= 0.6 is 11.8 Å². The van der Waals surface area contributed by atoms with Gasteiger partial charge in [-0.1, -0.05) is 11.8 Å². The minimum absolute atomic E-state index is 0.534. The number of benzene rings is 1. The fourth-order valence-corrected chi connectivity index (χ4v) is 2.45. The van der Waals surface area contributed by atoms with Crippen molar-refractivity contribution in [3.63, 3.8) is 0 Å². The van der Waals surface area contributed by atoms with Crippen LogP contribution in [0, 0.1) is 0 Å². The molecule has 2 heterocycles. The van der Waals surface area contributed by atoms with Crippen LogP contribution in [0.25, 0.3) is 22.1 Å². The molecular weight excluding hydrogens is 252 g/mol. The highest BCUT2D eigenvalue weighted by molar-refractivity contribution is 8.00. The van der Waals surface area contributed by atoms with Crippen LogP contribution in [0.1, 0.15) is 6.92 Å². The van der Waals surface area contributed by atoms with Gasteiger partial charge in [0.05, 0.1) is 28.4 Å². The van der Waals surface area contributed by atoms with Crippen molar-refractivity contribution in [3.05, 3.63) is 18.5 Å². The van der Waals surface area contributed by atoms with E-state index in [1.54, 1.807) is 13.3 Å². The Morgan fingerprint density at radius 1 is 1.39 bits per heavy atom. The second kappa shape index (κ2) is 4.02. The topological polar surface area (TPSA) is 94.7 Å². The Morgan fingerprint density at radius 2 is 2.22 bits per heavy atom. The fourth-order valence-electron chi connectivity index (χ4n) is 1.69. The summed E-state index contributed by atoms with van der Waals surface area (Å²) in [7, 11) is 0. The lowest BCUT2D eigenvalue weighted by molar-refractivity contribution is -0.136. The normalized spacial score (nSPS) is 13.2. The van der Waals surface area contributed by atoms with Crippen molar-refractivity contribution < 1.29 is 9.90 Å². The molecule has 0 bridgehead atoms. The molecule has 0 aliphatic carbocycles. The summed E-state index contributed by atoms with van der Waals surface area (Å²) in [4.78, 5) is 25.4. The van der Waals surface area contributed by atoms with Gasteiger partial charge in [0.15, 0.2) is 5.16 Å². The zero-order chi connectivity index (χ0) is 12.7. The molecule has 1 atom stereocenters. The number of nitrogens with zero attached hydrogens (tertiary/aromatic N) is 2. The first-order chi connectivity index (χ1) is 8.63. The number of H-pyrrole nitrogens is 2. The van der Waals surface area contributed by atoms with Gasteiger partial charge in [0.25, 0.3) is 0 Å². The number of hydrogen-bond acceptors (Lipinski definition) is 4. The van der Waals surface area contributed by atoms with Crippen molar-refractivity contribution in [1.82, 2.24) is 19.9 Å². The summed E-state index contributed by atoms with van der Waals surface area (Å²) < 4.78 is 0. The first kappa shape index (κ1) is 11.1. The number of imidazole rings is 2. The molecule has 0 radical (unpaired) electrons. The van der Waals surface area contributed by atoms with E-state index in [0.717, 1.165) is 22.1 Å². The third-order valence-electron chi connectivity index (χ3n) is 2.64. The monoisotopic (exact) mass is 262 g/mol. The zero-order valence-corrected chi connectivity index (χ0v) is 10.3. The third-order valence-corrected chi connectivity index (χ3v) is 3.61. The highest BCUT2D eigenvalue weighted by Crippen LogP contribution is 2.25. The van der Waals surface area contributed by atoms with Crippen LogP contribution in [0.3, 0.4) is 0 Å². The molecule has 92 valence electrons. The largest absolute Gasteiger partial charge is 0.480 e. The number of aromatic nitrogens is 4. The third kappa shape index (κ3) is 1.82. The van der Waals surface area contributed by atoms with Gasteiger partial charge in [-0.05, 0) is 19.1 Å². The van der Waals surface area contributed by atoms with E-state index in [9.17, 15) is 4.79 Å². The minimum Gasteiger partial charge on any atom is -0.480 e. The summed E-state index contributed by atoms with van der Waals surface area (Å²) in [5.74, 6) is -0.853. The molecule has 3 aromatic rings. The van der Waals surface area contributed by atoms with Crippen LogP contribution in [-0.4, -0.2) is 36.3 Å². The number of aliphatic carboxylic acids is 1. The first-order valence-corrected chi connectivity index (χ1v) is 6.24. The summed E-state index contributed by atoms with van der Waals surface area (Å²) in [6, 6.07) is 3.79. The van der Waals surface area contributed by atoms with E-state index in [4.69, 9.17) is 5.11 Å². The van der Waals surface area contributed by atoms with Crippen molar-refractivity contribution in [2.45, 2.75) is 17.3 Å². The van der Waals surface area contributed by atoms with E-state index < -0.39 is 11.2 Å². The molecule has 1 aromatic carbocycles. The van der Waals surface area contributed by atoms with E-state index in [1.807, 2.05) is 12.1 Å². The first-order valence-electron chi connectivity index (χ1n) is 5.36. The quantitative estimate of drug-likeness (QED) is 0.627. The average Bonchev–Trinajstić information content (AvgIpc) is 2.89. The Bertz CT molecular complexity index is 685.